The third kappa shape index (κ3) is 6.74. The predicted octanol–water partition coefficient (Wildman–Crippen LogP) is 4.65. The van der Waals surface area contributed by atoms with E-state index in [0.29, 0.717) is 36.9 Å². The van der Waals surface area contributed by atoms with Gasteiger partial charge in [0.1, 0.15) is 5.75 Å². The van der Waals surface area contributed by atoms with Crippen LogP contribution in [0.3, 0.4) is 0 Å². The number of benzene rings is 2. The standard InChI is InChI=1S/C31H36N6O2/c1-3-33-30(36-23-32)37(21-25-13-9-10-20-34-25)26-16-18-31(19-17-26,24-11-5-4-6-12-24)22-35-29(38)27-14-7-8-15-28(27)39-2/h4-15,20,26H,3,16-19,21-22H2,1-2H3,(H,33,36)(H,35,38)/t26-,31-. The lowest BCUT2D eigenvalue weighted by molar-refractivity contribution is 0.0925. The predicted molar refractivity (Wildman–Crippen MR) is 152 cm³/mol. The van der Waals surface area contributed by atoms with Gasteiger partial charge in [-0.15, -0.1) is 4.99 Å². The summed E-state index contributed by atoms with van der Waals surface area (Å²) in [4.78, 5) is 24.0. The number of nitriles is 1. The van der Waals surface area contributed by atoms with Gasteiger partial charge in [0.25, 0.3) is 5.91 Å². The molecule has 202 valence electrons. The molecule has 0 spiro atoms. The first-order chi connectivity index (χ1) is 19.1. The van der Waals surface area contributed by atoms with Crippen molar-refractivity contribution in [1.82, 2.24) is 20.5 Å². The average molecular weight is 525 g/mol. The van der Waals surface area contributed by atoms with E-state index in [2.05, 4.69) is 49.8 Å². The van der Waals surface area contributed by atoms with Crippen molar-refractivity contribution in [3.05, 3.63) is 95.8 Å². The number of carbonyl (C=O) groups is 1. The Morgan fingerprint density at radius 2 is 1.79 bits per heavy atom. The molecule has 39 heavy (non-hydrogen) atoms. The van der Waals surface area contributed by atoms with Crippen LogP contribution in [0, 0.1) is 11.5 Å². The van der Waals surface area contributed by atoms with E-state index in [1.54, 1.807) is 25.4 Å². The number of guanidine groups is 1. The summed E-state index contributed by atoms with van der Waals surface area (Å²) in [6.07, 6.45) is 7.25. The minimum Gasteiger partial charge on any atom is -0.496 e. The molecule has 3 aromatic rings. The number of carbonyl (C=O) groups excluding carboxylic acids is 1. The number of para-hydroxylation sites is 1. The van der Waals surface area contributed by atoms with Crippen LogP contribution in [0.5, 0.6) is 5.75 Å². The molecular formula is C31H36N6O2. The summed E-state index contributed by atoms with van der Waals surface area (Å²) in [6, 6.07) is 23.8. The lowest BCUT2D eigenvalue weighted by Gasteiger charge is -2.44. The van der Waals surface area contributed by atoms with Gasteiger partial charge in [-0.1, -0.05) is 48.5 Å². The molecule has 1 aliphatic rings. The van der Waals surface area contributed by atoms with E-state index in [1.807, 2.05) is 49.5 Å². The lowest BCUT2D eigenvalue weighted by Crippen LogP contribution is -2.51. The van der Waals surface area contributed by atoms with Crippen LogP contribution in [0.15, 0.2) is 84.0 Å². The first-order valence-corrected chi connectivity index (χ1v) is 13.4. The smallest absolute Gasteiger partial charge is 0.255 e. The second kappa shape index (κ2) is 13.4. The molecule has 0 atom stereocenters. The number of ether oxygens (including phenoxy) is 1. The third-order valence-electron chi connectivity index (χ3n) is 7.50. The summed E-state index contributed by atoms with van der Waals surface area (Å²) in [7, 11) is 1.58. The highest BCUT2D eigenvalue weighted by Gasteiger charge is 2.39. The minimum absolute atomic E-state index is 0.141. The summed E-state index contributed by atoms with van der Waals surface area (Å²) in [5.74, 6) is 0.995. The molecule has 1 amide bonds. The Kier molecular flexibility index (Phi) is 9.52. The number of amides is 1. The molecule has 2 N–H and O–H groups in total. The maximum absolute atomic E-state index is 13.2. The Labute approximate surface area is 230 Å². The molecule has 4 rings (SSSR count). The zero-order chi connectivity index (χ0) is 27.5. The van der Waals surface area contributed by atoms with Crippen LogP contribution < -0.4 is 15.4 Å². The Bertz CT molecular complexity index is 1280. The van der Waals surface area contributed by atoms with Gasteiger partial charge >= 0.3 is 0 Å². The molecule has 8 heteroatoms. The van der Waals surface area contributed by atoms with Crippen LogP contribution in [0.2, 0.25) is 0 Å². The normalized spacial score (nSPS) is 19.0. The van der Waals surface area contributed by atoms with Gasteiger partial charge in [0.05, 0.1) is 24.9 Å². The number of methoxy groups -OCH3 is 1. The molecule has 0 saturated heterocycles. The van der Waals surface area contributed by atoms with Gasteiger partial charge in [0, 0.05) is 30.7 Å². The van der Waals surface area contributed by atoms with Crippen LogP contribution in [0.4, 0.5) is 0 Å². The van der Waals surface area contributed by atoms with Gasteiger partial charge in [-0.05, 0) is 62.4 Å². The van der Waals surface area contributed by atoms with Crippen molar-refractivity contribution in [1.29, 1.82) is 5.26 Å². The van der Waals surface area contributed by atoms with E-state index in [-0.39, 0.29) is 17.4 Å². The van der Waals surface area contributed by atoms with Crippen molar-refractivity contribution in [2.24, 2.45) is 4.99 Å². The van der Waals surface area contributed by atoms with Crippen LogP contribution >= 0.6 is 0 Å². The number of hydrogen-bond donors (Lipinski definition) is 2. The molecule has 1 aromatic heterocycles. The zero-order valence-electron chi connectivity index (χ0n) is 22.6. The maximum atomic E-state index is 13.2. The Morgan fingerprint density at radius 3 is 2.46 bits per heavy atom. The van der Waals surface area contributed by atoms with Crippen molar-refractivity contribution in [2.45, 2.75) is 50.6 Å². The van der Waals surface area contributed by atoms with E-state index in [1.165, 1.54) is 5.56 Å². The van der Waals surface area contributed by atoms with Crippen LogP contribution in [0.25, 0.3) is 0 Å². The molecule has 8 nitrogen and oxygen atoms in total. The SMILES string of the molecule is CCN/C(=N\C#N)N(Cc1ccccn1)[C@H]1CC[C@](CNC(=O)c2ccccc2OC)(c2ccccc2)CC1. The molecule has 1 aliphatic carbocycles. The topological polar surface area (TPSA) is 103 Å². The number of pyridine rings is 1. The number of aliphatic imine (C=N–C) groups is 1. The quantitative estimate of drug-likeness (QED) is 0.240. The highest BCUT2D eigenvalue weighted by atomic mass is 16.5. The molecule has 1 saturated carbocycles. The Hall–Kier alpha value is -4.38. The van der Waals surface area contributed by atoms with Crippen molar-refractivity contribution < 1.29 is 9.53 Å². The number of rotatable bonds is 9. The van der Waals surface area contributed by atoms with Crippen molar-refractivity contribution in [2.75, 3.05) is 20.2 Å². The van der Waals surface area contributed by atoms with E-state index in [0.717, 1.165) is 31.4 Å². The molecule has 0 unspecified atom stereocenters. The van der Waals surface area contributed by atoms with Gasteiger partial charge in [0.2, 0.25) is 12.2 Å². The minimum atomic E-state index is -0.211. The highest BCUT2D eigenvalue weighted by Crippen LogP contribution is 2.41. The first-order valence-electron chi connectivity index (χ1n) is 13.4. The van der Waals surface area contributed by atoms with Crippen molar-refractivity contribution in [3.8, 4) is 11.9 Å². The molecule has 2 aromatic carbocycles. The summed E-state index contributed by atoms with van der Waals surface area (Å²) in [5, 5.41) is 15.9. The fraction of sp³-hybridized carbons (Fsp3) is 0.355. The summed E-state index contributed by atoms with van der Waals surface area (Å²) >= 11 is 0. The third-order valence-corrected chi connectivity index (χ3v) is 7.50. The molecule has 0 radical (unpaired) electrons. The number of nitrogens with one attached hydrogen (secondary N) is 2. The molecule has 1 heterocycles. The van der Waals surface area contributed by atoms with Gasteiger partial charge in [-0.25, -0.2) is 0 Å². The van der Waals surface area contributed by atoms with Gasteiger partial charge in [-0.2, -0.15) is 5.26 Å². The fourth-order valence-corrected chi connectivity index (χ4v) is 5.46. The maximum Gasteiger partial charge on any atom is 0.255 e. The summed E-state index contributed by atoms with van der Waals surface area (Å²) < 4.78 is 5.41. The largest absolute Gasteiger partial charge is 0.496 e. The monoisotopic (exact) mass is 524 g/mol. The van der Waals surface area contributed by atoms with Gasteiger partial charge in [-0.3, -0.25) is 9.78 Å². The Balaban J connectivity index is 1.56. The zero-order valence-corrected chi connectivity index (χ0v) is 22.6. The Morgan fingerprint density at radius 1 is 1.08 bits per heavy atom. The fourth-order valence-electron chi connectivity index (χ4n) is 5.46. The molecular weight excluding hydrogens is 488 g/mol. The van der Waals surface area contributed by atoms with E-state index < -0.39 is 0 Å². The molecule has 0 bridgehead atoms. The van der Waals surface area contributed by atoms with Crippen molar-refractivity contribution >= 4 is 11.9 Å². The number of hydrogen-bond acceptors (Lipinski definition) is 5. The lowest BCUT2D eigenvalue weighted by atomic mass is 9.67. The van der Waals surface area contributed by atoms with Crippen LogP contribution in [-0.4, -0.2) is 48.0 Å². The average Bonchev–Trinajstić information content (AvgIpc) is 3.00. The second-order valence-corrected chi connectivity index (χ2v) is 9.78. The molecule has 0 aliphatic heterocycles. The van der Waals surface area contributed by atoms with E-state index in [4.69, 9.17) is 4.74 Å². The van der Waals surface area contributed by atoms with Crippen LogP contribution in [0.1, 0.15) is 54.2 Å². The molecule has 1 fully saturated rings. The van der Waals surface area contributed by atoms with Gasteiger partial charge in [0.15, 0.2) is 0 Å². The van der Waals surface area contributed by atoms with Crippen LogP contribution in [-0.2, 0) is 12.0 Å². The van der Waals surface area contributed by atoms with E-state index in [9.17, 15) is 10.1 Å². The highest BCUT2D eigenvalue weighted by molar-refractivity contribution is 5.97. The van der Waals surface area contributed by atoms with Crippen molar-refractivity contribution in [3.63, 3.8) is 0 Å². The van der Waals surface area contributed by atoms with E-state index >= 15 is 0 Å². The van der Waals surface area contributed by atoms with Gasteiger partial charge < -0.3 is 20.3 Å². The number of nitrogens with zero attached hydrogens (tertiary/aromatic N) is 4. The first kappa shape index (κ1) is 27.6. The summed E-state index contributed by atoms with van der Waals surface area (Å²) in [5.41, 5.74) is 2.46. The summed E-state index contributed by atoms with van der Waals surface area (Å²) in [6.45, 7) is 3.74. The number of aromatic nitrogens is 1. The second-order valence-electron chi connectivity index (χ2n) is 9.78.